The van der Waals surface area contributed by atoms with Gasteiger partial charge in [-0.15, -0.1) is 11.3 Å². The minimum absolute atomic E-state index is 0.176. The number of rotatable bonds is 6. The number of carbonyl (C=O) groups is 1. The number of amides is 1. The van der Waals surface area contributed by atoms with Crippen molar-refractivity contribution in [3.05, 3.63) is 76.8 Å². The Labute approximate surface area is 189 Å². The third-order valence-corrected chi connectivity index (χ3v) is 5.30. The number of carbonyl (C=O) groups excluding carboxylic acids is 1. The van der Waals surface area contributed by atoms with Gasteiger partial charge in [-0.05, 0) is 12.1 Å². The summed E-state index contributed by atoms with van der Waals surface area (Å²) in [6, 6.07) is 16.3. The maximum atomic E-state index is 13.2. The molecule has 2 heterocycles. The predicted octanol–water partition coefficient (Wildman–Crippen LogP) is 5.69. The van der Waals surface area contributed by atoms with Gasteiger partial charge >= 0.3 is 6.18 Å². The SMILES string of the molecule is O=C(COc1cc(C(F)(F)F)nn1-c1ccccc1Cl)Nc1nc(-c2ccccc2)cs1. The fraction of sp³-hybridized carbons (Fsp3) is 0.0952. The first-order valence-electron chi connectivity index (χ1n) is 9.17. The Kier molecular flexibility index (Phi) is 6.15. The molecule has 0 atom stereocenters. The van der Waals surface area contributed by atoms with Gasteiger partial charge in [-0.2, -0.15) is 23.0 Å². The summed E-state index contributed by atoms with van der Waals surface area (Å²) >= 11 is 7.31. The number of ether oxygens (including phenoxy) is 1. The van der Waals surface area contributed by atoms with Crippen molar-refractivity contribution < 1.29 is 22.7 Å². The summed E-state index contributed by atoms with van der Waals surface area (Å²) in [7, 11) is 0. The van der Waals surface area contributed by atoms with Gasteiger partial charge < -0.3 is 4.74 Å². The molecular formula is C21H14ClF3N4O2S. The molecule has 0 saturated heterocycles. The van der Waals surface area contributed by atoms with Crippen LogP contribution in [-0.4, -0.2) is 27.3 Å². The molecule has 164 valence electrons. The van der Waals surface area contributed by atoms with E-state index < -0.39 is 24.4 Å². The van der Waals surface area contributed by atoms with Gasteiger partial charge in [0.25, 0.3) is 5.91 Å². The maximum absolute atomic E-state index is 13.2. The molecule has 0 saturated carbocycles. The highest BCUT2D eigenvalue weighted by molar-refractivity contribution is 7.14. The second kappa shape index (κ2) is 9.01. The van der Waals surface area contributed by atoms with E-state index in [9.17, 15) is 18.0 Å². The summed E-state index contributed by atoms with van der Waals surface area (Å²) in [5.41, 5.74) is 0.606. The molecule has 2 aromatic carbocycles. The molecule has 0 bridgehead atoms. The number of hydrogen-bond donors (Lipinski definition) is 1. The zero-order valence-electron chi connectivity index (χ0n) is 16.1. The molecule has 0 radical (unpaired) electrons. The smallest absolute Gasteiger partial charge is 0.435 e. The highest BCUT2D eigenvalue weighted by Gasteiger charge is 2.36. The van der Waals surface area contributed by atoms with Crippen LogP contribution in [0.3, 0.4) is 0 Å². The standard InChI is InChI=1S/C21H14ClF3N4O2S/c22-14-8-4-5-9-16(14)29-19(10-17(28-29)21(23,24)25)31-11-18(30)27-20-26-15(12-32-20)13-6-2-1-3-7-13/h1-10,12H,11H2,(H,26,27,30). The van der Waals surface area contributed by atoms with Crippen LogP contribution in [0.2, 0.25) is 5.02 Å². The van der Waals surface area contributed by atoms with Gasteiger partial charge in [0, 0.05) is 17.0 Å². The normalized spacial score (nSPS) is 11.4. The molecule has 6 nitrogen and oxygen atoms in total. The summed E-state index contributed by atoms with van der Waals surface area (Å²) in [6.45, 7) is -0.548. The predicted molar refractivity (Wildman–Crippen MR) is 115 cm³/mol. The Morgan fingerprint density at radius 2 is 1.84 bits per heavy atom. The number of aromatic nitrogens is 3. The van der Waals surface area contributed by atoms with Gasteiger partial charge in [0.05, 0.1) is 16.4 Å². The number of hydrogen-bond acceptors (Lipinski definition) is 5. The lowest BCUT2D eigenvalue weighted by molar-refractivity contribution is -0.141. The van der Waals surface area contributed by atoms with E-state index in [2.05, 4.69) is 15.4 Å². The first-order chi connectivity index (χ1) is 15.3. The molecule has 11 heteroatoms. The maximum Gasteiger partial charge on any atom is 0.435 e. The lowest BCUT2D eigenvalue weighted by Gasteiger charge is -2.10. The molecule has 1 N–H and O–H groups in total. The molecule has 32 heavy (non-hydrogen) atoms. The number of anilines is 1. The van der Waals surface area contributed by atoms with E-state index in [1.54, 1.807) is 17.5 Å². The van der Waals surface area contributed by atoms with Crippen LogP contribution >= 0.6 is 22.9 Å². The van der Waals surface area contributed by atoms with Crippen LogP contribution in [0.1, 0.15) is 5.69 Å². The Morgan fingerprint density at radius 3 is 2.56 bits per heavy atom. The molecule has 0 aliphatic carbocycles. The van der Waals surface area contributed by atoms with Gasteiger partial charge in [-0.25, -0.2) is 4.98 Å². The first kappa shape index (κ1) is 21.8. The van der Waals surface area contributed by atoms with Crippen molar-refractivity contribution in [3.8, 4) is 22.8 Å². The summed E-state index contributed by atoms with van der Waals surface area (Å²) in [5, 5.41) is 8.43. The van der Waals surface area contributed by atoms with E-state index in [0.29, 0.717) is 16.9 Å². The molecule has 0 aliphatic rings. The van der Waals surface area contributed by atoms with Crippen LogP contribution in [0.4, 0.5) is 18.3 Å². The molecular weight excluding hydrogens is 465 g/mol. The van der Waals surface area contributed by atoms with E-state index in [1.165, 1.54) is 23.5 Å². The minimum Gasteiger partial charge on any atom is -0.467 e. The summed E-state index contributed by atoms with van der Waals surface area (Å²) in [4.78, 5) is 16.6. The zero-order valence-corrected chi connectivity index (χ0v) is 17.7. The van der Waals surface area contributed by atoms with Gasteiger partial charge in [-0.1, -0.05) is 54.1 Å². The molecule has 0 fully saturated rings. The molecule has 0 spiro atoms. The molecule has 0 aliphatic heterocycles. The topological polar surface area (TPSA) is 69.0 Å². The zero-order chi connectivity index (χ0) is 22.7. The summed E-state index contributed by atoms with van der Waals surface area (Å²) < 4.78 is 45.8. The third kappa shape index (κ3) is 4.92. The third-order valence-electron chi connectivity index (χ3n) is 4.22. The first-order valence-corrected chi connectivity index (χ1v) is 10.4. The minimum atomic E-state index is -4.69. The Balaban J connectivity index is 1.49. The van der Waals surface area contributed by atoms with Crippen LogP contribution in [0.5, 0.6) is 5.88 Å². The molecule has 2 aromatic heterocycles. The second-order valence-electron chi connectivity index (χ2n) is 6.47. The van der Waals surface area contributed by atoms with Crippen molar-refractivity contribution >= 4 is 34.0 Å². The quantitative estimate of drug-likeness (QED) is 0.387. The van der Waals surface area contributed by atoms with Gasteiger partial charge in [-0.3, -0.25) is 10.1 Å². The lowest BCUT2D eigenvalue weighted by Crippen LogP contribution is -2.21. The van der Waals surface area contributed by atoms with E-state index >= 15 is 0 Å². The average molecular weight is 479 g/mol. The van der Waals surface area contributed by atoms with E-state index in [-0.39, 0.29) is 16.6 Å². The largest absolute Gasteiger partial charge is 0.467 e. The fourth-order valence-corrected chi connectivity index (χ4v) is 3.72. The number of para-hydroxylation sites is 1. The monoisotopic (exact) mass is 478 g/mol. The molecule has 4 rings (SSSR count). The Bertz CT molecular complexity index is 1240. The second-order valence-corrected chi connectivity index (χ2v) is 7.73. The van der Waals surface area contributed by atoms with Crippen LogP contribution in [0.15, 0.2) is 66.0 Å². The van der Waals surface area contributed by atoms with Crippen molar-refractivity contribution in [2.24, 2.45) is 0 Å². The molecule has 1 amide bonds. The van der Waals surface area contributed by atoms with Crippen LogP contribution in [0, 0.1) is 0 Å². The number of nitrogens with one attached hydrogen (secondary N) is 1. The van der Waals surface area contributed by atoms with E-state index in [0.717, 1.165) is 10.2 Å². The average Bonchev–Trinajstić information content (AvgIpc) is 3.40. The van der Waals surface area contributed by atoms with E-state index in [1.807, 2.05) is 30.3 Å². The van der Waals surface area contributed by atoms with Crippen LogP contribution in [0.25, 0.3) is 16.9 Å². The van der Waals surface area contributed by atoms with Gasteiger partial charge in [0.2, 0.25) is 5.88 Å². The molecule has 0 unspecified atom stereocenters. The Hall–Kier alpha value is -3.37. The van der Waals surface area contributed by atoms with Crippen molar-refractivity contribution in [2.75, 3.05) is 11.9 Å². The number of alkyl halides is 3. The summed E-state index contributed by atoms with van der Waals surface area (Å²) in [6.07, 6.45) is -4.69. The lowest BCUT2D eigenvalue weighted by atomic mass is 10.2. The highest BCUT2D eigenvalue weighted by Crippen LogP contribution is 2.33. The number of halogens is 4. The van der Waals surface area contributed by atoms with Crippen LogP contribution in [-0.2, 0) is 11.0 Å². The van der Waals surface area contributed by atoms with Gasteiger partial charge in [0.15, 0.2) is 17.4 Å². The number of nitrogens with zero attached hydrogens (tertiary/aromatic N) is 3. The highest BCUT2D eigenvalue weighted by atomic mass is 35.5. The fourth-order valence-electron chi connectivity index (χ4n) is 2.77. The molecule has 4 aromatic rings. The summed E-state index contributed by atoms with van der Waals surface area (Å²) in [5.74, 6) is -0.857. The Morgan fingerprint density at radius 1 is 1.12 bits per heavy atom. The van der Waals surface area contributed by atoms with E-state index in [4.69, 9.17) is 16.3 Å². The van der Waals surface area contributed by atoms with Crippen molar-refractivity contribution in [1.29, 1.82) is 0 Å². The van der Waals surface area contributed by atoms with Gasteiger partial charge in [0.1, 0.15) is 0 Å². The number of benzene rings is 2. The van der Waals surface area contributed by atoms with Crippen molar-refractivity contribution in [1.82, 2.24) is 14.8 Å². The van der Waals surface area contributed by atoms with Crippen molar-refractivity contribution in [3.63, 3.8) is 0 Å². The number of thiazole rings is 1. The van der Waals surface area contributed by atoms with Crippen molar-refractivity contribution in [2.45, 2.75) is 6.18 Å². The van der Waals surface area contributed by atoms with Crippen LogP contribution < -0.4 is 10.1 Å².